The summed E-state index contributed by atoms with van der Waals surface area (Å²) in [5.41, 5.74) is 0.409. The number of rotatable bonds is 2. The van der Waals surface area contributed by atoms with Crippen molar-refractivity contribution in [3.63, 3.8) is 0 Å². The van der Waals surface area contributed by atoms with Crippen LogP contribution in [-0.4, -0.2) is 21.2 Å². The molecule has 0 bridgehead atoms. The van der Waals surface area contributed by atoms with E-state index >= 15 is 0 Å². The molecule has 4 nitrogen and oxygen atoms in total. The highest BCUT2D eigenvalue weighted by atomic mass is 79.9. The molecule has 0 radical (unpaired) electrons. The molecule has 1 aromatic heterocycles. The van der Waals surface area contributed by atoms with E-state index in [9.17, 15) is 4.79 Å². The minimum atomic E-state index is -0.944. The first-order valence-electron chi connectivity index (χ1n) is 3.16. The summed E-state index contributed by atoms with van der Waals surface area (Å²) in [7, 11) is 0. The van der Waals surface area contributed by atoms with Gasteiger partial charge in [-0.25, -0.2) is 4.98 Å². The second kappa shape index (κ2) is 3.53. The normalized spacial score (nSPS) is 9.75. The average Bonchev–Trinajstić information content (AvgIpc) is 1.96. The van der Waals surface area contributed by atoms with Crippen LogP contribution in [0.25, 0.3) is 0 Å². The molecule has 64 valence electrons. The number of halogens is 1. The number of pyridine rings is 1. The lowest BCUT2D eigenvalue weighted by molar-refractivity contribution is -0.136. The second-order valence-corrected chi connectivity index (χ2v) is 2.93. The molecule has 5 heteroatoms. The third-order valence-electron chi connectivity index (χ3n) is 1.22. The van der Waals surface area contributed by atoms with E-state index in [1.165, 1.54) is 12.1 Å². The molecule has 0 aliphatic rings. The maximum atomic E-state index is 10.2. The predicted molar refractivity (Wildman–Crippen MR) is 44.9 cm³/mol. The maximum Gasteiger partial charge on any atom is 0.309 e. The van der Waals surface area contributed by atoms with Gasteiger partial charge in [-0.05, 0) is 28.1 Å². The van der Waals surface area contributed by atoms with E-state index in [0.717, 1.165) is 0 Å². The summed E-state index contributed by atoms with van der Waals surface area (Å²) in [6.45, 7) is 0. The van der Waals surface area contributed by atoms with E-state index in [1.807, 2.05) is 0 Å². The van der Waals surface area contributed by atoms with Gasteiger partial charge in [0.2, 0.25) is 0 Å². The summed E-state index contributed by atoms with van der Waals surface area (Å²) in [6.07, 6.45) is -0.140. The Labute approximate surface area is 77.0 Å². The van der Waals surface area contributed by atoms with E-state index in [2.05, 4.69) is 20.9 Å². The van der Waals surface area contributed by atoms with Crippen LogP contribution < -0.4 is 0 Å². The van der Waals surface area contributed by atoms with Gasteiger partial charge in [-0.3, -0.25) is 4.79 Å². The molecule has 0 saturated heterocycles. The van der Waals surface area contributed by atoms with E-state index in [-0.39, 0.29) is 16.8 Å². The van der Waals surface area contributed by atoms with Gasteiger partial charge in [0.05, 0.1) is 12.1 Å². The van der Waals surface area contributed by atoms with Gasteiger partial charge in [-0.2, -0.15) is 0 Å². The van der Waals surface area contributed by atoms with Gasteiger partial charge in [0, 0.05) is 0 Å². The van der Waals surface area contributed by atoms with Crippen molar-refractivity contribution in [1.82, 2.24) is 4.98 Å². The second-order valence-electron chi connectivity index (χ2n) is 2.18. The number of hydrogen-bond acceptors (Lipinski definition) is 3. The van der Waals surface area contributed by atoms with E-state index in [0.29, 0.717) is 5.69 Å². The largest absolute Gasteiger partial charge is 0.505 e. The van der Waals surface area contributed by atoms with Gasteiger partial charge in [0.15, 0.2) is 0 Å². The molecule has 0 unspecified atom stereocenters. The fraction of sp³-hybridized carbons (Fsp3) is 0.143. The highest BCUT2D eigenvalue weighted by Crippen LogP contribution is 2.20. The van der Waals surface area contributed by atoms with Crippen LogP contribution in [0.15, 0.2) is 16.7 Å². The molecule has 1 rings (SSSR count). The number of aromatic hydroxyl groups is 1. The van der Waals surface area contributed by atoms with E-state index < -0.39 is 5.97 Å². The molecule has 0 fully saturated rings. The van der Waals surface area contributed by atoms with Crippen LogP contribution in [0.2, 0.25) is 0 Å². The van der Waals surface area contributed by atoms with Gasteiger partial charge >= 0.3 is 5.97 Å². The molecule has 0 atom stereocenters. The van der Waals surface area contributed by atoms with Crippen LogP contribution in [-0.2, 0) is 11.2 Å². The minimum Gasteiger partial charge on any atom is -0.505 e. The number of nitrogens with zero attached hydrogens (tertiary/aromatic N) is 1. The van der Waals surface area contributed by atoms with Gasteiger partial charge < -0.3 is 10.2 Å². The Balaban J connectivity index is 2.89. The zero-order valence-corrected chi connectivity index (χ0v) is 7.58. The lowest BCUT2D eigenvalue weighted by atomic mass is 10.3. The Morgan fingerprint density at radius 3 is 2.75 bits per heavy atom. The fourth-order valence-electron chi connectivity index (χ4n) is 0.718. The summed E-state index contributed by atoms with van der Waals surface area (Å²) in [4.78, 5) is 14.0. The topological polar surface area (TPSA) is 70.4 Å². The van der Waals surface area contributed by atoms with Crippen molar-refractivity contribution in [1.29, 1.82) is 0 Å². The Bertz CT molecular complexity index is 314. The Morgan fingerprint density at radius 1 is 1.58 bits per heavy atom. The number of aromatic nitrogens is 1. The third kappa shape index (κ3) is 2.20. The van der Waals surface area contributed by atoms with Crippen LogP contribution in [0, 0.1) is 0 Å². The van der Waals surface area contributed by atoms with E-state index in [1.54, 1.807) is 0 Å². The summed E-state index contributed by atoms with van der Waals surface area (Å²) in [6, 6.07) is 2.86. The first kappa shape index (κ1) is 8.99. The first-order chi connectivity index (χ1) is 5.59. The Kier molecular flexibility index (Phi) is 2.65. The van der Waals surface area contributed by atoms with Crippen molar-refractivity contribution in [2.24, 2.45) is 0 Å². The van der Waals surface area contributed by atoms with Crippen molar-refractivity contribution in [3.05, 3.63) is 22.4 Å². The van der Waals surface area contributed by atoms with Gasteiger partial charge in [0.25, 0.3) is 0 Å². The van der Waals surface area contributed by atoms with Crippen molar-refractivity contribution in [2.45, 2.75) is 6.42 Å². The van der Waals surface area contributed by atoms with Gasteiger partial charge in [-0.1, -0.05) is 0 Å². The quantitative estimate of drug-likeness (QED) is 0.751. The lowest BCUT2D eigenvalue weighted by Gasteiger charge is -1.98. The molecular formula is C7H6BrNO3. The number of carboxylic acid groups (broad SMARTS) is 1. The summed E-state index contributed by atoms with van der Waals surface area (Å²) < 4.78 is 0.265. The monoisotopic (exact) mass is 231 g/mol. The molecule has 1 aromatic rings. The van der Waals surface area contributed by atoms with Crippen molar-refractivity contribution >= 4 is 21.9 Å². The molecule has 1 heterocycles. The van der Waals surface area contributed by atoms with Gasteiger partial charge in [-0.15, -0.1) is 0 Å². The smallest absolute Gasteiger partial charge is 0.309 e. The third-order valence-corrected chi connectivity index (χ3v) is 1.80. The highest BCUT2D eigenvalue weighted by Gasteiger charge is 2.04. The summed E-state index contributed by atoms with van der Waals surface area (Å²) in [5, 5.41) is 17.4. The van der Waals surface area contributed by atoms with Crippen LogP contribution in [0.1, 0.15) is 5.69 Å². The fourth-order valence-corrected chi connectivity index (χ4v) is 1.08. The molecule has 0 aliphatic carbocycles. The maximum absolute atomic E-state index is 10.2. The zero-order valence-electron chi connectivity index (χ0n) is 5.99. The SMILES string of the molecule is O=C(O)Cc1ccc(O)c(Br)n1. The molecule has 0 aromatic carbocycles. The highest BCUT2D eigenvalue weighted by molar-refractivity contribution is 9.10. The predicted octanol–water partition coefficient (Wildman–Crippen LogP) is 1.18. The molecule has 2 N–H and O–H groups in total. The van der Waals surface area contributed by atoms with Gasteiger partial charge in [0.1, 0.15) is 10.4 Å². The minimum absolute atomic E-state index is 0.00383. The molecular weight excluding hydrogens is 226 g/mol. The number of hydrogen-bond donors (Lipinski definition) is 2. The molecule has 0 spiro atoms. The van der Waals surface area contributed by atoms with Crippen molar-refractivity contribution in [2.75, 3.05) is 0 Å². The Morgan fingerprint density at radius 2 is 2.25 bits per heavy atom. The van der Waals surface area contributed by atoms with Crippen LogP contribution in [0.5, 0.6) is 5.75 Å². The number of aliphatic carboxylic acids is 1. The standard InChI is InChI=1S/C7H6BrNO3/c8-7-5(10)2-1-4(9-7)3-6(11)12/h1-2,10H,3H2,(H,11,12). The van der Waals surface area contributed by atoms with Crippen LogP contribution >= 0.6 is 15.9 Å². The number of carbonyl (C=O) groups is 1. The van der Waals surface area contributed by atoms with Crippen LogP contribution in [0.4, 0.5) is 0 Å². The molecule has 0 aliphatic heterocycles. The van der Waals surface area contributed by atoms with Crippen molar-refractivity contribution in [3.8, 4) is 5.75 Å². The Hall–Kier alpha value is -1.10. The summed E-state index contributed by atoms with van der Waals surface area (Å²) >= 11 is 2.98. The van der Waals surface area contributed by atoms with Crippen LogP contribution in [0.3, 0.4) is 0 Å². The van der Waals surface area contributed by atoms with E-state index in [4.69, 9.17) is 10.2 Å². The van der Waals surface area contributed by atoms with Crippen molar-refractivity contribution < 1.29 is 15.0 Å². The average molecular weight is 232 g/mol. The molecule has 12 heavy (non-hydrogen) atoms. The zero-order chi connectivity index (χ0) is 9.14. The number of carboxylic acids is 1. The first-order valence-corrected chi connectivity index (χ1v) is 3.95. The molecule has 0 amide bonds. The molecule has 0 saturated carbocycles. The lowest BCUT2D eigenvalue weighted by Crippen LogP contribution is -2.01. The summed E-state index contributed by atoms with van der Waals surface area (Å²) in [5.74, 6) is -0.941.